The van der Waals surface area contributed by atoms with Crippen LogP contribution < -0.4 is 0 Å². The normalized spacial score (nSPS) is 13.6. The molecule has 1 aliphatic rings. The van der Waals surface area contributed by atoms with E-state index in [1.54, 1.807) is 17.0 Å². The Labute approximate surface area is 169 Å². The topological polar surface area (TPSA) is 77.1 Å². The molecule has 0 amide bonds. The van der Waals surface area contributed by atoms with E-state index in [-0.39, 0.29) is 17.8 Å². The van der Waals surface area contributed by atoms with E-state index in [0.717, 1.165) is 24.1 Å². The van der Waals surface area contributed by atoms with Gasteiger partial charge >= 0.3 is 5.97 Å². The van der Waals surface area contributed by atoms with Crippen molar-refractivity contribution in [1.29, 1.82) is 0 Å². The van der Waals surface area contributed by atoms with Gasteiger partial charge in [-0.05, 0) is 49.4 Å². The Morgan fingerprint density at radius 1 is 1.14 bits per heavy atom. The predicted molar refractivity (Wildman–Crippen MR) is 110 cm³/mol. The molecule has 4 rings (SSSR count). The SMILES string of the molecule is CCn1cc(CC(=O)CCc2cnn(-c3ccccc3)c2C2CC2)c(C(=O)O)c1. The van der Waals surface area contributed by atoms with E-state index in [9.17, 15) is 14.7 Å². The molecule has 1 fully saturated rings. The van der Waals surface area contributed by atoms with Crippen LogP contribution in [0.15, 0.2) is 48.9 Å². The molecule has 0 unspecified atom stereocenters. The number of carbonyl (C=O) groups is 2. The minimum atomic E-state index is -0.986. The van der Waals surface area contributed by atoms with E-state index in [1.807, 2.05) is 48.1 Å². The van der Waals surface area contributed by atoms with Gasteiger partial charge in [-0.2, -0.15) is 5.10 Å². The molecule has 0 bridgehead atoms. The summed E-state index contributed by atoms with van der Waals surface area (Å²) in [5, 5.41) is 14.0. The Kier molecular flexibility index (Phi) is 5.34. The maximum absolute atomic E-state index is 12.6. The second-order valence-electron chi connectivity index (χ2n) is 7.62. The third kappa shape index (κ3) is 4.16. The molecule has 29 heavy (non-hydrogen) atoms. The first-order valence-corrected chi connectivity index (χ1v) is 10.1. The van der Waals surface area contributed by atoms with E-state index in [2.05, 4.69) is 5.10 Å². The number of nitrogens with zero attached hydrogens (tertiary/aromatic N) is 3. The highest BCUT2D eigenvalue weighted by molar-refractivity contribution is 5.92. The lowest BCUT2D eigenvalue weighted by atomic mass is 10.0. The van der Waals surface area contributed by atoms with Gasteiger partial charge in [-0.15, -0.1) is 0 Å². The molecule has 2 heterocycles. The van der Waals surface area contributed by atoms with Crippen LogP contribution in [0.2, 0.25) is 0 Å². The molecular weight excluding hydrogens is 366 g/mol. The Bertz CT molecular complexity index is 1030. The standard InChI is InChI=1S/C23H25N3O3/c1-2-25-14-18(21(15-25)23(28)29)12-20(27)11-10-17-13-24-26(22(17)16-8-9-16)19-6-4-3-5-7-19/h3-7,13-16H,2,8-12H2,1H3,(H,28,29). The van der Waals surface area contributed by atoms with Crippen LogP contribution in [-0.4, -0.2) is 31.2 Å². The van der Waals surface area contributed by atoms with E-state index in [1.165, 1.54) is 5.69 Å². The lowest BCUT2D eigenvalue weighted by molar-refractivity contribution is -0.118. The number of para-hydroxylation sites is 1. The molecule has 150 valence electrons. The highest BCUT2D eigenvalue weighted by Gasteiger charge is 2.30. The minimum absolute atomic E-state index is 0.0514. The fourth-order valence-corrected chi connectivity index (χ4v) is 3.80. The molecule has 6 heteroatoms. The van der Waals surface area contributed by atoms with Gasteiger partial charge in [0.2, 0.25) is 0 Å². The summed E-state index contributed by atoms with van der Waals surface area (Å²) in [6.07, 6.45) is 8.73. The van der Waals surface area contributed by atoms with Crippen LogP contribution >= 0.6 is 0 Å². The number of aromatic nitrogens is 3. The second kappa shape index (κ2) is 8.07. The van der Waals surface area contributed by atoms with E-state index < -0.39 is 5.97 Å². The monoisotopic (exact) mass is 391 g/mol. The number of Topliss-reactive ketones (excluding diaryl/α,β-unsaturated/α-hetero) is 1. The van der Waals surface area contributed by atoms with Gasteiger partial charge < -0.3 is 9.67 Å². The Morgan fingerprint density at radius 2 is 1.90 bits per heavy atom. The van der Waals surface area contributed by atoms with Crippen LogP contribution in [0.3, 0.4) is 0 Å². The largest absolute Gasteiger partial charge is 0.478 e. The average Bonchev–Trinajstić information content (AvgIpc) is 3.33. The summed E-state index contributed by atoms with van der Waals surface area (Å²) in [5.41, 5.74) is 4.18. The number of hydrogen-bond acceptors (Lipinski definition) is 3. The van der Waals surface area contributed by atoms with Crippen LogP contribution in [-0.2, 0) is 24.2 Å². The third-order valence-electron chi connectivity index (χ3n) is 5.47. The maximum atomic E-state index is 12.6. The van der Waals surface area contributed by atoms with Crippen molar-refractivity contribution in [2.24, 2.45) is 0 Å². The molecule has 0 aliphatic heterocycles. The van der Waals surface area contributed by atoms with Gasteiger partial charge in [-0.25, -0.2) is 9.48 Å². The molecule has 0 saturated heterocycles. The summed E-state index contributed by atoms with van der Waals surface area (Å²) >= 11 is 0. The van der Waals surface area contributed by atoms with Crippen LogP contribution in [0, 0.1) is 0 Å². The predicted octanol–water partition coefficient (Wildman–Crippen LogP) is 4.01. The zero-order valence-corrected chi connectivity index (χ0v) is 16.5. The van der Waals surface area contributed by atoms with Gasteiger partial charge in [0.15, 0.2) is 0 Å². The Hall–Kier alpha value is -3.15. The number of carbonyl (C=O) groups excluding carboxylic acids is 1. The van der Waals surface area contributed by atoms with E-state index in [4.69, 9.17) is 0 Å². The van der Waals surface area contributed by atoms with Crippen molar-refractivity contribution < 1.29 is 14.7 Å². The van der Waals surface area contributed by atoms with E-state index >= 15 is 0 Å². The lowest BCUT2D eigenvalue weighted by Gasteiger charge is -2.09. The first kappa shape index (κ1) is 19.2. The number of aromatic carboxylic acids is 1. The van der Waals surface area contributed by atoms with Crippen molar-refractivity contribution >= 4 is 11.8 Å². The fourth-order valence-electron chi connectivity index (χ4n) is 3.80. The number of carboxylic acid groups (broad SMARTS) is 1. The van der Waals surface area contributed by atoms with Gasteiger partial charge in [0, 0.05) is 37.7 Å². The van der Waals surface area contributed by atoms with Crippen molar-refractivity contribution in [3.63, 3.8) is 0 Å². The van der Waals surface area contributed by atoms with Gasteiger partial charge in [0.05, 0.1) is 23.1 Å². The summed E-state index contributed by atoms with van der Waals surface area (Å²) in [5.74, 6) is -0.421. The van der Waals surface area contributed by atoms with Crippen LogP contribution in [0.4, 0.5) is 0 Å². The first-order valence-electron chi connectivity index (χ1n) is 10.1. The van der Waals surface area contributed by atoms with Crippen molar-refractivity contribution in [1.82, 2.24) is 14.3 Å². The van der Waals surface area contributed by atoms with Crippen molar-refractivity contribution in [3.8, 4) is 5.69 Å². The minimum Gasteiger partial charge on any atom is -0.478 e. The lowest BCUT2D eigenvalue weighted by Crippen LogP contribution is -2.08. The molecule has 1 N–H and O–H groups in total. The summed E-state index contributed by atoms with van der Waals surface area (Å²) in [6.45, 7) is 2.62. The molecular formula is C23H25N3O3. The molecule has 1 saturated carbocycles. The molecule has 1 aliphatic carbocycles. The van der Waals surface area contributed by atoms with E-state index in [0.29, 0.717) is 30.9 Å². The number of ketones is 1. The molecule has 2 aromatic heterocycles. The Morgan fingerprint density at radius 3 is 2.55 bits per heavy atom. The average molecular weight is 391 g/mol. The van der Waals surface area contributed by atoms with Crippen molar-refractivity contribution in [2.45, 2.75) is 51.5 Å². The second-order valence-corrected chi connectivity index (χ2v) is 7.62. The summed E-state index contributed by atoms with van der Waals surface area (Å²) in [4.78, 5) is 24.0. The highest BCUT2D eigenvalue weighted by atomic mass is 16.4. The van der Waals surface area contributed by atoms with Crippen molar-refractivity contribution in [3.05, 3.63) is 71.3 Å². The van der Waals surface area contributed by atoms with Crippen LogP contribution in [0.1, 0.15) is 59.3 Å². The number of benzene rings is 1. The molecule has 3 aromatic rings. The summed E-state index contributed by atoms with van der Waals surface area (Å²) in [6, 6.07) is 10.1. The Balaban J connectivity index is 1.47. The molecule has 6 nitrogen and oxygen atoms in total. The van der Waals surface area contributed by atoms with Gasteiger partial charge in [0.1, 0.15) is 5.78 Å². The molecule has 0 atom stereocenters. The first-order chi connectivity index (χ1) is 14.1. The zero-order chi connectivity index (χ0) is 20.4. The fraction of sp³-hybridized carbons (Fsp3) is 0.348. The molecule has 1 aromatic carbocycles. The molecule has 0 spiro atoms. The van der Waals surface area contributed by atoms with Crippen molar-refractivity contribution in [2.75, 3.05) is 0 Å². The van der Waals surface area contributed by atoms with Gasteiger partial charge in [-0.1, -0.05) is 18.2 Å². The van der Waals surface area contributed by atoms with Gasteiger partial charge in [0.25, 0.3) is 0 Å². The van der Waals surface area contributed by atoms with Crippen LogP contribution in [0.5, 0.6) is 0 Å². The van der Waals surface area contributed by atoms with Crippen LogP contribution in [0.25, 0.3) is 5.69 Å². The summed E-state index contributed by atoms with van der Waals surface area (Å²) < 4.78 is 3.81. The number of carboxylic acids is 1. The zero-order valence-electron chi connectivity index (χ0n) is 16.5. The number of hydrogen-bond donors (Lipinski definition) is 1. The summed E-state index contributed by atoms with van der Waals surface area (Å²) in [7, 11) is 0. The highest BCUT2D eigenvalue weighted by Crippen LogP contribution is 2.42. The van der Waals surface area contributed by atoms with Gasteiger partial charge in [-0.3, -0.25) is 4.79 Å². The maximum Gasteiger partial charge on any atom is 0.337 e. The third-order valence-corrected chi connectivity index (χ3v) is 5.47. The quantitative estimate of drug-likeness (QED) is 0.598. The number of aryl methyl sites for hydroxylation is 2. The smallest absolute Gasteiger partial charge is 0.337 e. The molecule has 0 radical (unpaired) electrons. The number of rotatable bonds is 9.